The van der Waals surface area contributed by atoms with Gasteiger partial charge in [-0.1, -0.05) is 51.8 Å². The largest absolute Gasteiger partial charge is 0.319 e. The Bertz CT molecular complexity index is 1160. The second-order valence-corrected chi connectivity index (χ2v) is 6.75. The first-order chi connectivity index (χ1) is 12.9. The average molecular weight is 420 g/mol. The zero-order valence-corrected chi connectivity index (χ0v) is 15.9. The van der Waals surface area contributed by atoms with E-state index in [2.05, 4.69) is 9.46 Å². The standard InChI is InChI=1S/C18H11Cl2N3O3S/c19-15-8-6-12(10-16(15)20)18-13(7-9-17(24)22-27(25)26)11-23(21-18)14-4-2-1-3-5-14/h1-11H. The number of para-hydroxylation sites is 1. The van der Waals surface area contributed by atoms with Crippen molar-refractivity contribution in [2.24, 2.45) is 4.36 Å². The fourth-order valence-corrected chi connectivity index (χ4v) is 2.86. The molecule has 9 heteroatoms. The summed E-state index contributed by atoms with van der Waals surface area (Å²) in [7, 11) is -2.80. The first kappa shape index (κ1) is 19.0. The lowest BCUT2D eigenvalue weighted by atomic mass is 10.1. The zero-order chi connectivity index (χ0) is 19.4. The first-order valence-electron chi connectivity index (χ1n) is 7.58. The minimum absolute atomic E-state index is 0.367. The van der Waals surface area contributed by atoms with Gasteiger partial charge in [-0.05, 0) is 30.3 Å². The van der Waals surface area contributed by atoms with E-state index in [4.69, 9.17) is 23.2 Å². The van der Waals surface area contributed by atoms with E-state index in [0.29, 0.717) is 26.9 Å². The van der Waals surface area contributed by atoms with Crippen molar-refractivity contribution in [2.75, 3.05) is 0 Å². The summed E-state index contributed by atoms with van der Waals surface area (Å²) in [5, 5.41) is 5.34. The third kappa shape index (κ3) is 4.71. The van der Waals surface area contributed by atoms with E-state index < -0.39 is 16.4 Å². The summed E-state index contributed by atoms with van der Waals surface area (Å²) in [5.74, 6) is -0.893. The molecule has 1 heterocycles. The molecule has 6 nitrogen and oxygen atoms in total. The Morgan fingerprint density at radius 3 is 2.48 bits per heavy atom. The lowest BCUT2D eigenvalue weighted by molar-refractivity contribution is -0.113. The van der Waals surface area contributed by atoms with Crippen molar-refractivity contribution in [3.05, 3.63) is 76.4 Å². The molecule has 0 aliphatic rings. The van der Waals surface area contributed by atoms with Gasteiger partial charge < -0.3 is 0 Å². The molecule has 0 saturated heterocycles. The SMILES string of the molecule is O=C(C=Cc1cn(-c2ccccc2)nc1-c1ccc(Cl)c(Cl)c1)N=S(=O)=O. The molecule has 27 heavy (non-hydrogen) atoms. The lowest BCUT2D eigenvalue weighted by Crippen LogP contribution is -1.94. The van der Waals surface area contributed by atoms with Crippen LogP contribution >= 0.6 is 23.2 Å². The molecular weight excluding hydrogens is 409 g/mol. The van der Waals surface area contributed by atoms with Crippen molar-refractivity contribution in [3.8, 4) is 16.9 Å². The molecule has 1 aromatic heterocycles. The van der Waals surface area contributed by atoms with Gasteiger partial charge >= 0.3 is 10.5 Å². The lowest BCUT2D eigenvalue weighted by Gasteiger charge is -2.02. The molecule has 0 saturated carbocycles. The fraction of sp³-hybridized carbons (Fsp3) is 0. The number of aromatic nitrogens is 2. The minimum atomic E-state index is -2.80. The fourth-order valence-electron chi connectivity index (χ4n) is 2.35. The van der Waals surface area contributed by atoms with Crippen LogP contribution in [0.3, 0.4) is 0 Å². The van der Waals surface area contributed by atoms with Gasteiger partial charge in [0.2, 0.25) is 0 Å². The number of amides is 1. The number of carbonyl (C=O) groups excluding carboxylic acids is 1. The van der Waals surface area contributed by atoms with Crippen molar-refractivity contribution >= 4 is 45.7 Å². The van der Waals surface area contributed by atoms with Gasteiger partial charge in [0, 0.05) is 23.4 Å². The maximum atomic E-state index is 11.5. The van der Waals surface area contributed by atoms with Crippen LogP contribution in [0.2, 0.25) is 10.0 Å². The van der Waals surface area contributed by atoms with Crippen LogP contribution in [0.1, 0.15) is 5.56 Å². The first-order valence-corrected chi connectivity index (χ1v) is 9.36. The van der Waals surface area contributed by atoms with Gasteiger partial charge in [-0.3, -0.25) is 4.79 Å². The molecule has 136 valence electrons. The highest BCUT2D eigenvalue weighted by molar-refractivity contribution is 7.62. The van der Waals surface area contributed by atoms with E-state index in [1.54, 1.807) is 29.1 Å². The molecule has 3 aromatic rings. The second kappa shape index (κ2) is 8.30. The van der Waals surface area contributed by atoms with Crippen LogP contribution < -0.4 is 0 Å². The van der Waals surface area contributed by atoms with Crippen LogP contribution in [0, 0.1) is 0 Å². The second-order valence-electron chi connectivity index (χ2n) is 5.32. The molecule has 0 aliphatic heterocycles. The van der Waals surface area contributed by atoms with E-state index in [-0.39, 0.29) is 0 Å². The number of hydrogen-bond donors (Lipinski definition) is 0. The molecule has 3 rings (SSSR count). The minimum Gasteiger partial charge on any atom is -0.266 e. The van der Waals surface area contributed by atoms with Crippen LogP contribution in [0.25, 0.3) is 23.0 Å². The summed E-state index contributed by atoms with van der Waals surface area (Å²) in [6.45, 7) is 0. The van der Waals surface area contributed by atoms with Crippen molar-refractivity contribution in [3.63, 3.8) is 0 Å². The van der Waals surface area contributed by atoms with Crippen molar-refractivity contribution < 1.29 is 13.2 Å². The predicted octanol–water partition coefficient (Wildman–Crippen LogP) is 4.45. The van der Waals surface area contributed by atoms with Gasteiger partial charge in [-0.15, -0.1) is 0 Å². The highest BCUT2D eigenvalue weighted by atomic mass is 35.5. The monoisotopic (exact) mass is 419 g/mol. The Morgan fingerprint density at radius 1 is 1.07 bits per heavy atom. The van der Waals surface area contributed by atoms with E-state index in [9.17, 15) is 13.2 Å². The maximum Gasteiger partial charge on any atom is 0.319 e. The summed E-state index contributed by atoms with van der Waals surface area (Å²) in [4.78, 5) is 11.5. The summed E-state index contributed by atoms with van der Waals surface area (Å²) in [6, 6.07) is 14.4. The molecule has 0 fully saturated rings. The molecule has 2 aromatic carbocycles. The number of rotatable bonds is 4. The Balaban J connectivity index is 2.10. The van der Waals surface area contributed by atoms with Crippen LogP contribution in [-0.4, -0.2) is 24.1 Å². The normalized spacial score (nSPS) is 10.9. The molecule has 0 N–H and O–H groups in total. The maximum absolute atomic E-state index is 11.5. The summed E-state index contributed by atoms with van der Waals surface area (Å²) in [5.41, 5.74) is 2.63. The quantitative estimate of drug-likeness (QED) is 0.584. The van der Waals surface area contributed by atoms with Gasteiger partial charge in [0.25, 0.3) is 5.91 Å². The number of halogens is 2. The topological polar surface area (TPSA) is 81.4 Å². The van der Waals surface area contributed by atoms with Crippen molar-refractivity contribution in [2.45, 2.75) is 0 Å². The zero-order valence-electron chi connectivity index (χ0n) is 13.6. The van der Waals surface area contributed by atoms with E-state index in [0.717, 1.165) is 11.8 Å². The van der Waals surface area contributed by atoms with Gasteiger partial charge in [0.1, 0.15) is 5.69 Å². The predicted molar refractivity (Wildman–Crippen MR) is 104 cm³/mol. The van der Waals surface area contributed by atoms with Gasteiger partial charge in [-0.25, -0.2) is 4.68 Å². The molecular formula is C18H11Cl2N3O3S. The third-order valence-corrected chi connectivity index (χ3v) is 4.59. The highest BCUT2D eigenvalue weighted by Gasteiger charge is 2.12. The number of carbonyl (C=O) groups is 1. The molecule has 0 unspecified atom stereocenters. The Hall–Kier alpha value is -2.74. The van der Waals surface area contributed by atoms with Crippen LogP contribution in [-0.2, 0) is 15.3 Å². The molecule has 0 atom stereocenters. The summed E-state index contributed by atoms with van der Waals surface area (Å²) < 4.78 is 25.6. The molecule has 0 aliphatic carbocycles. The molecule has 0 radical (unpaired) electrons. The Labute approximate surface area is 166 Å². The smallest absolute Gasteiger partial charge is 0.266 e. The number of hydrogen-bond acceptors (Lipinski definition) is 4. The van der Waals surface area contributed by atoms with Crippen molar-refractivity contribution in [1.29, 1.82) is 0 Å². The molecule has 0 spiro atoms. The van der Waals surface area contributed by atoms with Gasteiger partial charge in [-0.2, -0.15) is 13.5 Å². The summed E-state index contributed by atoms with van der Waals surface area (Å²) >= 11 is 12.1. The van der Waals surface area contributed by atoms with Crippen LogP contribution in [0.5, 0.6) is 0 Å². The van der Waals surface area contributed by atoms with E-state index >= 15 is 0 Å². The van der Waals surface area contributed by atoms with Gasteiger partial charge in [0.15, 0.2) is 0 Å². The van der Waals surface area contributed by atoms with Crippen LogP contribution in [0.4, 0.5) is 0 Å². The summed E-state index contributed by atoms with van der Waals surface area (Å²) in [6.07, 6.45) is 4.22. The van der Waals surface area contributed by atoms with Gasteiger partial charge in [0.05, 0.1) is 15.7 Å². The Morgan fingerprint density at radius 2 is 1.81 bits per heavy atom. The number of benzene rings is 2. The van der Waals surface area contributed by atoms with Crippen molar-refractivity contribution in [1.82, 2.24) is 9.78 Å². The highest BCUT2D eigenvalue weighted by Crippen LogP contribution is 2.30. The van der Waals surface area contributed by atoms with Crippen LogP contribution in [0.15, 0.2) is 65.2 Å². The number of nitrogens with zero attached hydrogens (tertiary/aromatic N) is 3. The van der Waals surface area contributed by atoms with E-state index in [1.165, 1.54) is 6.08 Å². The Kier molecular flexibility index (Phi) is 5.85. The average Bonchev–Trinajstić information content (AvgIpc) is 3.07. The molecule has 1 amide bonds. The molecule has 0 bridgehead atoms. The third-order valence-electron chi connectivity index (χ3n) is 3.53. The van der Waals surface area contributed by atoms with E-state index in [1.807, 2.05) is 30.3 Å².